The zero-order valence-corrected chi connectivity index (χ0v) is 16.5. The lowest BCUT2D eigenvalue weighted by Crippen LogP contribution is -2.25. The van der Waals surface area contributed by atoms with Crippen molar-refractivity contribution < 1.29 is 19.0 Å². The van der Waals surface area contributed by atoms with E-state index in [1.165, 1.54) is 0 Å². The highest BCUT2D eigenvalue weighted by Crippen LogP contribution is 2.28. The zero-order chi connectivity index (χ0) is 20.3. The zero-order valence-electron chi connectivity index (χ0n) is 16.5. The monoisotopic (exact) mass is 391 g/mol. The van der Waals surface area contributed by atoms with Crippen molar-refractivity contribution in [1.82, 2.24) is 5.32 Å². The summed E-state index contributed by atoms with van der Waals surface area (Å²) in [4.78, 5) is 12.4. The van der Waals surface area contributed by atoms with Gasteiger partial charge in [-0.05, 0) is 42.3 Å². The molecule has 0 heterocycles. The maximum atomic E-state index is 12.4. The SMILES string of the molecule is COc1cc(C(=O)NCCCOc2ccccc2)ccc1OCc1ccccc1. The molecule has 0 bridgehead atoms. The Balaban J connectivity index is 1.47. The van der Waals surface area contributed by atoms with Crippen molar-refractivity contribution in [3.8, 4) is 17.2 Å². The van der Waals surface area contributed by atoms with Gasteiger partial charge in [-0.1, -0.05) is 48.5 Å². The minimum atomic E-state index is -0.155. The highest BCUT2D eigenvalue weighted by Gasteiger charge is 2.11. The van der Waals surface area contributed by atoms with E-state index in [0.717, 1.165) is 17.7 Å². The van der Waals surface area contributed by atoms with Crippen LogP contribution in [-0.2, 0) is 6.61 Å². The van der Waals surface area contributed by atoms with Crippen LogP contribution in [0.2, 0.25) is 0 Å². The van der Waals surface area contributed by atoms with Crippen LogP contribution < -0.4 is 19.5 Å². The number of carbonyl (C=O) groups is 1. The first-order valence-electron chi connectivity index (χ1n) is 9.57. The van der Waals surface area contributed by atoms with E-state index < -0.39 is 0 Å². The Kier molecular flexibility index (Phi) is 7.52. The second-order valence-electron chi connectivity index (χ2n) is 6.41. The van der Waals surface area contributed by atoms with Gasteiger partial charge in [-0.3, -0.25) is 4.79 Å². The Labute approximate surface area is 171 Å². The third kappa shape index (κ3) is 6.28. The predicted molar refractivity (Wildman–Crippen MR) is 113 cm³/mol. The Bertz CT molecular complexity index is 897. The quantitative estimate of drug-likeness (QED) is 0.518. The second kappa shape index (κ2) is 10.8. The van der Waals surface area contributed by atoms with Gasteiger partial charge in [-0.25, -0.2) is 0 Å². The Morgan fingerprint density at radius 2 is 1.59 bits per heavy atom. The van der Waals surface area contributed by atoms with E-state index >= 15 is 0 Å². The van der Waals surface area contributed by atoms with Crippen LogP contribution in [0.5, 0.6) is 17.2 Å². The number of para-hydroxylation sites is 1. The van der Waals surface area contributed by atoms with E-state index in [1.807, 2.05) is 60.7 Å². The fourth-order valence-electron chi connectivity index (χ4n) is 2.75. The first-order chi connectivity index (χ1) is 14.3. The fraction of sp³-hybridized carbons (Fsp3) is 0.208. The summed E-state index contributed by atoms with van der Waals surface area (Å²) in [5.41, 5.74) is 1.59. The van der Waals surface area contributed by atoms with Crippen LogP contribution in [0.1, 0.15) is 22.3 Å². The van der Waals surface area contributed by atoms with Gasteiger partial charge in [0.25, 0.3) is 5.91 Å². The number of nitrogens with one attached hydrogen (secondary N) is 1. The number of ether oxygens (including phenoxy) is 3. The summed E-state index contributed by atoms with van der Waals surface area (Å²) < 4.78 is 16.8. The van der Waals surface area contributed by atoms with E-state index in [2.05, 4.69) is 5.32 Å². The molecule has 0 aliphatic rings. The smallest absolute Gasteiger partial charge is 0.251 e. The Morgan fingerprint density at radius 1 is 0.862 bits per heavy atom. The first-order valence-corrected chi connectivity index (χ1v) is 9.57. The van der Waals surface area contributed by atoms with Crippen molar-refractivity contribution >= 4 is 5.91 Å². The summed E-state index contributed by atoms with van der Waals surface area (Å²) in [5.74, 6) is 1.80. The Morgan fingerprint density at radius 3 is 2.31 bits per heavy atom. The molecular formula is C24H25NO4. The van der Waals surface area contributed by atoms with Crippen molar-refractivity contribution in [2.45, 2.75) is 13.0 Å². The van der Waals surface area contributed by atoms with Crippen LogP contribution in [0, 0.1) is 0 Å². The number of rotatable bonds is 10. The molecule has 150 valence electrons. The predicted octanol–water partition coefficient (Wildman–Crippen LogP) is 4.47. The van der Waals surface area contributed by atoms with Crippen molar-refractivity contribution in [3.05, 3.63) is 90.0 Å². The molecule has 3 aromatic rings. The molecule has 0 fully saturated rings. The van der Waals surface area contributed by atoms with Crippen LogP contribution in [0.25, 0.3) is 0 Å². The molecule has 5 nitrogen and oxygen atoms in total. The largest absolute Gasteiger partial charge is 0.494 e. The van der Waals surface area contributed by atoms with Gasteiger partial charge in [0.05, 0.1) is 13.7 Å². The van der Waals surface area contributed by atoms with Gasteiger partial charge < -0.3 is 19.5 Å². The third-order valence-corrected chi connectivity index (χ3v) is 4.28. The molecule has 3 aromatic carbocycles. The number of carbonyl (C=O) groups excluding carboxylic acids is 1. The van der Waals surface area contributed by atoms with Crippen molar-refractivity contribution in [2.75, 3.05) is 20.3 Å². The summed E-state index contributed by atoms with van der Waals surface area (Å²) in [6.07, 6.45) is 0.718. The third-order valence-electron chi connectivity index (χ3n) is 4.28. The molecule has 1 amide bonds. The van der Waals surface area contributed by atoms with Gasteiger partial charge in [0.15, 0.2) is 11.5 Å². The van der Waals surface area contributed by atoms with E-state index in [4.69, 9.17) is 14.2 Å². The van der Waals surface area contributed by atoms with E-state index in [0.29, 0.717) is 36.8 Å². The van der Waals surface area contributed by atoms with Gasteiger partial charge in [-0.2, -0.15) is 0 Å². The summed E-state index contributed by atoms with van der Waals surface area (Å²) in [6.45, 7) is 1.50. The standard InChI is InChI=1S/C24H25NO4/c1-27-23-17-20(13-14-22(23)29-18-19-9-4-2-5-10-19)24(26)25-15-8-16-28-21-11-6-3-7-12-21/h2-7,9-14,17H,8,15-16,18H2,1H3,(H,25,26). The molecule has 0 aliphatic carbocycles. The molecule has 0 radical (unpaired) electrons. The topological polar surface area (TPSA) is 56.8 Å². The lowest BCUT2D eigenvalue weighted by atomic mass is 10.2. The van der Waals surface area contributed by atoms with Crippen LogP contribution in [0.3, 0.4) is 0 Å². The highest BCUT2D eigenvalue weighted by molar-refractivity contribution is 5.94. The van der Waals surface area contributed by atoms with E-state index in [9.17, 15) is 4.79 Å². The lowest BCUT2D eigenvalue weighted by molar-refractivity contribution is 0.0951. The molecule has 0 aromatic heterocycles. The summed E-state index contributed by atoms with van der Waals surface area (Å²) in [6, 6.07) is 24.7. The number of hydrogen-bond donors (Lipinski definition) is 1. The minimum Gasteiger partial charge on any atom is -0.494 e. The average Bonchev–Trinajstić information content (AvgIpc) is 2.78. The second-order valence-corrected chi connectivity index (χ2v) is 6.41. The van der Waals surface area contributed by atoms with Crippen LogP contribution >= 0.6 is 0 Å². The molecular weight excluding hydrogens is 366 g/mol. The van der Waals surface area contributed by atoms with Crippen molar-refractivity contribution in [3.63, 3.8) is 0 Å². The number of methoxy groups -OCH3 is 1. The minimum absolute atomic E-state index is 0.155. The van der Waals surface area contributed by atoms with Gasteiger partial charge in [0.1, 0.15) is 12.4 Å². The van der Waals surface area contributed by atoms with Crippen molar-refractivity contribution in [2.24, 2.45) is 0 Å². The maximum Gasteiger partial charge on any atom is 0.251 e. The van der Waals surface area contributed by atoms with Crippen LogP contribution in [0.15, 0.2) is 78.9 Å². The molecule has 0 unspecified atom stereocenters. The Hall–Kier alpha value is -3.47. The molecule has 0 aliphatic heterocycles. The van der Waals surface area contributed by atoms with Crippen LogP contribution in [-0.4, -0.2) is 26.2 Å². The number of benzene rings is 3. The molecule has 0 atom stereocenters. The molecule has 0 spiro atoms. The van der Waals surface area contributed by atoms with Crippen molar-refractivity contribution in [1.29, 1.82) is 0 Å². The summed E-state index contributed by atoms with van der Waals surface area (Å²) in [7, 11) is 1.56. The molecule has 0 saturated heterocycles. The van der Waals surface area contributed by atoms with E-state index in [1.54, 1.807) is 25.3 Å². The summed E-state index contributed by atoms with van der Waals surface area (Å²) >= 11 is 0. The number of hydrogen-bond acceptors (Lipinski definition) is 4. The van der Waals surface area contributed by atoms with Gasteiger partial charge in [0, 0.05) is 12.1 Å². The van der Waals surface area contributed by atoms with Gasteiger partial charge >= 0.3 is 0 Å². The average molecular weight is 391 g/mol. The van der Waals surface area contributed by atoms with E-state index in [-0.39, 0.29) is 5.91 Å². The fourth-order valence-corrected chi connectivity index (χ4v) is 2.75. The lowest BCUT2D eigenvalue weighted by Gasteiger charge is -2.12. The molecule has 1 N–H and O–H groups in total. The maximum absolute atomic E-state index is 12.4. The molecule has 3 rings (SSSR count). The highest BCUT2D eigenvalue weighted by atomic mass is 16.5. The molecule has 29 heavy (non-hydrogen) atoms. The van der Waals surface area contributed by atoms with Gasteiger partial charge in [0.2, 0.25) is 0 Å². The molecule has 5 heteroatoms. The summed E-state index contributed by atoms with van der Waals surface area (Å²) in [5, 5.41) is 2.90. The normalized spacial score (nSPS) is 10.2. The van der Waals surface area contributed by atoms with Crippen LogP contribution in [0.4, 0.5) is 0 Å². The first kappa shape index (κ1) is 20.3. The van der Waals surface area contributed by atoms with Gasteiger partial charge in [-0.15, -0.1) is 0 Å². The number of amides is 1. The molecule has 0 saturated carbocycles.